The summed E-state index contributed by atoms with van der Waals surface area (Å²) < 4.78 is 0. The first-order chi connectivity index (χ1) is 32.3. The average molecular weight is 1010 g/mol. The van der Waals surface area contributed by atoms with E-state index in [4.69, 9.17) is 22.3 Å². The van der Waals surface area contributed by atoms with Crippen LogP contribution in [-0.4, -0.2) is 213 Å². The van der Waals surface area contributed by atoms with Gasteiger partial charge in [0.05, 0.1) is 45.6 Å². The zero-order valence-electron chi connectivity index (χ0n) is 38.2. The Morgan fingerprint density at radius 2 is 0.855 bits per heavy atom. The number of amides is 10. The van der Waals surface area contributed by atoms with Crippen LogP contribution in [0.15, 0.2) is 0 Å². The third kappa shape index (κ3) is 22.9. The number of primary amides is 1. The number of aliphatic hydroxyl groups excluding tert-OH is 6. The summed E-state index contributed by atoms with van der Waals surface area (Å²) in [4.78, 5) is 141. The Morgan fingerprint density at radius 3 is 1.22 bits per heavy atom. The van der Waals surface area contributed by atoms with E-state index in [1.807, 2.05) is 16.0 Å². The summed E-state index contributed by atoms with van der Waals surface area (Å²) in [6.45, 7) is -0.597. The Hall–Kier alpha value is -5.80. The number of aliphatic hydroxyl groups is 6. The van der Waals surface area contributed by atoms with E-state index in [-0.39, 0.29) is 25.3 Å². The van der Waals surface area contributed by atoms with Gasteiger partial charge in [-0.15, -0.1) is 0 Å². The maximum atomic E-state index is 13.5. The predicted molar refractivity (Wildman–Crippen MR) is 240 cm³/mol. The first-order valence-electron chi connectivity index (χ1n) is 21.4. The predicted octanol–water partition coefficient (Wildman–Crippen LogP) is -10.9. The molecule has 0 aliphatic heterocycles. The van der Waals surface area contributed by atoms with Gasteiger partial charge in [0.1, 0.15) is 60.4 Å². The molecule has 0 unspecified atom stereocenters. The summed E-state index contributed by atoms with van der Waals surface area (Å²) >= 11 is 4.02. The molecule has 0 aromatic rings. The van der Waals surface area contributed by atoms with Gasteiger partial charge >= 0.3 is 5.97 Å². The van der Waals surface area contributed by atoms with Crippen LogP contribution in [0.2, 0.25) is 0 Å². The van der Waals surface area contributed by atoms with Crippen molar-refractivity contribution in [3.8, 4) is 0 Å². The highest BCUT2D eigenvalue weighted by atomic mass is 32.1. The van der Waals surface area contributed by atoms with Gasteiger partial charge in [0.15, 0.2) is 0 Å². The lowest BCUT2D eigenvalue weighted by atomic mass is 10.0. The van der Waals surface area contributed by atoms with E-state index in [2.05, 4.69) is 44.5 Å². The molecule has 11 atom stereocenters. The molecule has 0 saturated heterocycles. The van der Waals surface area contributed by atoms with Crippen molar-refractivity contribution in [2.75, 3.05) is 45.3 Å². The van der Waals surface area contributed by atoms with Gasteiger partial charge in [-0.25, -0.2) is 4.79 Å². The summed E-state index contributed by atoms with van der Waals surface area (Å²) in [5, 5.41) is 87.3. The van der Waals surface area contributed by atoms with Crippen LogP contribution in [0.1, 0.15) is 52.9 Å². The largest absolute Gasteiger partial charge is 0.480 e. The third-order valence-electron chi connectivity index (χ3n) is 9.61. The smallest absolute Gasteiger partial charge is 0.326 e. The average Bonchev–Trinajstić information content (AvgIpc) is 3.29. The number of hydrogen-bond acceptors (Lipinski definition) is 20. The Morgan fingerprint density at radius 1 is 0.493 bits per heavy atom. The molecule has 0 radical (unpaired) electrons. The minimum Gasteiger partial charge on any atom is -0.480 e. The fourth-order valence-corrected chi connectivity index (χ4v) is 6.01. The molecule has 69 heavy (non-hydrogen) atoms. The lowest BCUT2D eigenvalue weighted by Crippen LogP contribution is -2.62. The second-order valence-electron chi connectivity index (χ2n) is 15.8. The highest BCUT2D eigenvalue weighted by molar-refractivity contribution is 7.80. The Kier molecular flexibility index (Phi) is 30.1. The van der Waals surface area contributed by atoms with Crippen LogP contribution >= 0.6 is 12.6 Å². The molecule has 22 N–H and O–H groups in total. The van der Waals surface area contributed by atoms with Crippen molar-refractivity contribution in [2.45, 2.75) is 119 Å². The number of carboxylic acid groups (broad SMARTS) is 1. The number of rotatable bonds is 34. The van der Waals surface area contributed by atoms with Crippen LogP contribution in [0, 0.1) is 5.92 Å². The Labute approximate surface area is 401 Å². The zero-order valence-corrected chi connectivity index (χ0v) is 39.1. The van der Waals surface area contributed by atoms with Crippen LogP contribution in [0.5, 0.6) is 0 Å². The zero-order chi connectivity index (χ0) is 53.1. The fraction of sp³-hybridized carbons (Fsp3) is 0.711. The summed E-state index contributed by atoms with van der Waals surface area (Å²) in [5.74, 6) is -14.0. The molecule has 0 aliphatic rings. The van der Waals surface area contributed by atoms with Gasteiger partial charge in [-0.1, -0.05) is 13.8 Å². The number of nitrogens with two attached hydrogens (primary N) is 3. The molecular formula is C38H68N12O18S. The molecule has 0 aromatic heterocycles. The number of nitrogens with one attached hydrogen (secondary N) is 9. The molecule has 30 nitrogen and oxygen atoms in total. The highest BCUT2D eigenvalue weighted by Crippen LogP contribution is 2.08. The molecule has 10 amide bonds. The van der Waals surface area contributed by atoms with E-state index >= 15 is 0 Å². The molecule has 394 valence electrons. The van der Waals surface area contributed by atoms with Crippen molar-refractivity contribution in [3.63, 3.8) is 0 Å². The number of carbonyl (C=O) groups is 11. The quantitative estimate of drug-likeness (QED) is 0.0210. The van der Waals surface area contributed by atoms with Gasteiger partial charge < -0.3 is 101 Å². The number of unbranched alkanes of at least 4 members (excludes halogenated alkanes) is 1. The maximum Gasteiger partial charge on any atom is 0.326 e. The van der Waals surface area contributed by atoms with Crippen molar-refractivity contribution in [1.82, 2.24) is 47.9 Å². The summed E-state index contributed by atoms with van der Waals surface area (Å²) in [5.41, 5.74) is 16.2. The maximum absolute atomic E-state index is 13.5. The molecule has 0 heterocycles. The summed E-state index contributed by atoms with van der Waals surface area (Å²) in [7, 11) is 0. The van der Waals surface area contributed by atoms with Crippen LogP contribution in [0.4, 0.5) is 0 Å². The summed E-state index contributed by atoms with van der Waals surface area (Å²) in [6.07, 6.45) is -1.76. The lowest BCUT2D eigenvalue weighted by molar-refractivity contribution is -0.143. The van der Waals surface area contributed by atoms with Crippen molar-refractivity contribution in [3.05, 3.63) is 0 Å². The van der Waals surface area contributed by atoms with E-state index in [9.17, 15) is 83.4 Å². The van der Waals surface area contributed by atoms with E-state index in [0.717, 1.165) is 6.92 Å². The van der Waals surface area contributed by atoms with Gasteiger partial charge in [0, 0.05) is 5.75 Å². The molecule has 0 fully saturated rings. The third-order valence-corrected chi connectivity index (χ3v) is 9.98. The van der Waals surface area contributed by atoms with Crippen LogP contribution in [-0.2, 0) is 52.7 Å². The van der Waals surface area contributed by atoms with Crippen molar-refractivity contribution in [2.24, 2.45) is 23.1 Å². The molecule has 0 saturated carbocycles. The normalized spacial score (nSPS) is 15.9. The number of aliphatic carboxylic acids is 1. The fourth-order valence-electron chi connectivity index (χ4n) is 5.75. The minimum atomic E-state index is -1.92. The first kappa shape index (κ1) is 63.2. The minimum absolute atomic E-state index is 0.00494. The van der Waals surface area contributed by atoms with E-state index in [1.165, 1.54) is 0 Å². The van der Waals surface area contributed by atoms with Gasteiger partial charge in [-0.2, -0.15) is 12.6 Å². The molecule has 0 aliphatic carbocycles. The molecule has 0 bridgehead atoms. The molecule has 0 rings (SSSR count). The van der Waals surface area contributed by atoms with Gasteiger partial charge in [-0.05, 0) is 45.1 Å². The van der Waals surface area contributed by atoms with Crippen LogP contribution < -0.4 is 65.1 Å². The van der Waals surface area contributed by atoms with Crippen LogP contribution in [0.3, 0.4) is 0 Å². The Bertz CT molecular complexity index is 1760. The van der Waals surface area contributed by atoms with Gasteiger partial charge in [-0.3, -0.25) is 47.9 Å². The monoisotopic (exact) mass is 1010 g/mol. The second-order valence-corrected chi connectivity index (χ2v) is 16.2. The molecule has 0 spiro atoms. The number of carbonyl (C=O) groups excluding carboxylic acids is 10. The van der Waals surface area contributed by atoms with Crippen molar-refractivity contribution >= 4 is 77.7 Å². The van der Waals surface area contributed by atoms with E-state index in [0.29, 0.717) is 12.8 Å². The summed E-state index contributed by atoms with van der Waals surface area (Å²) in [6, 6.07) is -17.0. The lowest BCUT2D eigenvalue weighted by Gasteiger charge is -2.27. The van der Waals surface area contributed by atoms with Crippen LogP contribution in [0.25, 0.3) is 0 Å². The van der Waals surface area contributed by atoms with Gasteiger partial charge in [0.25, 0.3) is 0 Å². The highest BCUT2D eigenvalue weighted by Gasteiger charge is 2.36. The topological polar surface area (TPSA) is 516 Å². The number of thiol groups is 1. The number of hydrogen-bond donors (Lipinski definition) is 20. The van der Waals surface area contributed by atoms with Crippen molar-refractivity contribution < 1.29 is 88.5 Å². The molecule has 0 aromatic carbocycles. The standard InChI is InChI=1S/C38H68N12O18S/c1-16(2)8-20(30(59)45-22(11-52)32(61)42-19(38(67)68)6-4-5-7-39)43-31(60)21(9-27(41)57)44-36(65)26(15-69)49-35(64)24(13-54)47-33(62)23(12-53)46-34(63)25(14-55)48-37(66)28(17(3)56)50-29(58)18(40)10-51/h16-26,28,51-56,69H,4-15,39-40H2,1-3H3,(H2,41,57)(H,42,61)(H,43,60)(H,44,65)(H,45,59)(H,46,63)(H,47,62)(H,48,66)(H,49,64)(H,50,58)(H,67,68)/t17-,18+,19+,20+,21+,22+,23+,24+,25+,26+,28+/m1/s1. The number of carboxylic acids is 1. The van der Waals surface area contributed by atoms with E-state index in [1.54, 1.807) is 13.8 Å². The first-order valence-corrected chi connectivity index (χ1v) is 22.0. The molecular weight excluding hydrogens is 945 g/mol. The second kappa shape index (κ2) is 32.9. The SMILES string of the molecule is CC(C)C[C@H](NC(=O)[C@H](CC(N)=O)NC(=O)[C@H](CS)NC(=O)[C@H](CO)NC(=O)[C@H](CO)NC(=O)[C@H](CO)NC(=O)[C@@H](NC(=O)[C@@H](N)CO)[C@@H](C)O)C(=O)N[C@@H](CO)C(=O)N[C@@H](CCCCN)C(=O)O. The van der Waals surface area contributed by atoms with E-state index < -0.39 is 177 Å². The van der Waals surface area contributed by atoms with Crippen molar-refractivity contribution in [1.29, 1.82) is 0 Å². The Balaban J connectivity index is 5.99. The molecule has 31 heteroatoms. The van der Waals surface area contributed by atoms with Gasteiger partial charge in [0.2, 0.25) is 59.1 Å².